The normalized spacial score (nSPS) is 26.6. The first-order valence-corrected chi connectivity index (χ1v) is 5.83. The van der Waals surface area contributed by atoms with E-state index in [1.54, 1.807) is 7.11 Å². The molecule has 4 nitrogen and oxygen atoms in total. The fourth-order valence-electron chi connectivity index (χ4n) is 2.44. The summed E-state index contributed by atoms with van der Waals surface area (Å²) >= 11 is 0. The second-order valence-electron chi connectivity index (χ2n) is 4.45. The topological polar surface area (TPSA) is 41.6 Å². The van der Waals surface area contributed by atoms with Gasteiger partial charge in [0.1, 0.15) is 0 Å². The Bertz CT molecular complexity index is 224. The van der Waals surface area contributed by atoms with Gasteiger partial charge in [0.2, 0.25) is 5.91 Å². The van der Waals surface area contributed by atoms with E-state index < -0.39 is 0 Å². The molecule has 1 amide bonds. The van der Waals surface area contributed by atoms with Crippen LogP contribution in [0, 0.1) is 5.92 Å². The molecule has 0 unspecified atom stereocenters. The number of nitrogens with one attached hydrogen (secondary N) is 1. The minimum Gasteiger partial charge on any atom is -0.381 e. The number of rotatable bonds is 2. The molecule has 2 rings (SSSR count). The minimum absolute atomic E-state index is 0. The van der Waals surface area contributed by atoms with Gasteiger partial charge < -0.3 is 15.0 Å². The molecule has 0 aromatic heterocycles. The molecule has 0 aromatic carbocycles. The van der Waals surface area contributed by atoms with E-state index in [9.17, 15) is 4.79 Å². The molecule has 5 heteroatoms. The number of nitrogens with zero attached hydrogens (tertiary/aromatic N) is 1. The standard InChI is InChI=1S/C11H20N2O2.ClH/c1-15-10-3-6-13(7-4-10)11(14)9-2-5-12-8-9;/h9-10,12H,2-8H2,1H3;1H/t9-;/m1./s1. The maximum Gasteiger partial charge on any atom is 0.227 e. The Hall–Kier alpha value is -0.320. The zero-order valence-corrected chi connectivity index (χ0v) is 10.6. The van der Waals surface area contributed by atoms with Gasteiger partial charge in [0.25, 0.3) is 0 Å². The number of methoxy groups -OCH3 is 1. The second-order valence-corrected chi connectivity index (χ2v) is 4.45. The quantitative estimate of drug-likeness (QED) is 0.781. The second kappa shape index (κ2) is 6.42. The summed E-state index contributed by atoms with van der Waals surface area (Å²) in [6.07, 6.45) is 3.34. The number of halogens is 1. The van der Waals surface area contributed by atoms with E-state index >= 15 is 0 Å². The summed E-state index contributed by atoms with van der Waals surface area (Å²) in [4.78, 5) is 14.0. The highest BCUT2D eigenvalue weighted by Crippen LogP contribution is 2.18. The summed E-state index contributed by atoms with van der Waals surface area (Å²) in [6, 6.07) is 0. The van der Waals surface area contributed by atoms with Crippen LogP contribution in [-0.2, 0) is 9.53 Å². The molecule has 1 atom stereocenters. The van der Waals surface area contributed by atoms with Crippen LogP contribution in [0.3, 0.4) is 0 Å². The lowest BCUT2D eigenvalue weighted by atomic mass is 10.0. The number of ether oxygens (including phenoxy) is 1. The predicted octanol–water partition coefficient (Wildman–Crippen LogP) is 0.655. The van der Waals surface area contributed by atoms with Crippen LogP contribution in [0.4, 0.5) is 0 Å². The number of likely N-dealkylation sites (tertiary alicyclic amines) is 1. The summed E-state index contributed by atoms with van der Waals surface area (Å²) < 4.78 is 5.29. The van der Waals surface area contributed by atoms with Crippen molar-refractivity contribution in [3.05, 3.63) is 0 Å². The molecule has 2 aliphatic rings. The van der Waals surface area contributed by atoms with Gasteiger partial charge in [-0.3, -0.25) is 4.79 Å². The minimum atomic E-state index is 0. The summed E-state index contributed by atoms with van der Waals surface area (Å²) in [7, 11) is 1.75. The van der Waals surface area contributed by atoms with Crippen LogP contribution in [0.2, 0.25) is 0 Å². The highest BCUT2D eigenvalue weighted by Gasteiger charge is 2.29. The highest BCUT2D eigenvalue weighted by molar-refractivity contribution is 5.85. The molecule has 16 heavy (non-hydrogen) atoms. The fraction of sp³-hybridized carbons (Fsp3) is 0.909. The molecule has 0 radical (unpaired) electrons. The first-order chi connectivity index (χ1) is 7.31. The molecule has 0 bridgehead atoms. The van der Waals surface area contributed by atoms with Crippen molar-refractivity contribution in [3.8, 4) is 0 Å². The lowest BCUT2D eigenvalue weighted by Gasteiger charge is -2.32. The maximum atomic E-state index is 12.0. The molecule has 2 aliphatic heterocycles. The Morgan fingerprint density at radius 1 is 1.31 bits per heavy atom. The van der Waals surface area contributed by atoms with E-state index in [2.05, 4.69) is 5.32 Å². The number of hydrogen-bond acceptors (Lipinski definition) is 3. The van der Waals surface area contributed by atoms with E-state index in [1.807, 2.05) is 4.90 Å². The third-order valence-electron chi connectivity index (χ3n) is 3.50. The van der Waals surface area contributed by atoms with Gasteiger partial charge in [0.05, 0.1) is 12.0 Å². The monoisotopic (exact) mass is 248 g/mol. The van der Waals surface area contributed by atoms with Gasteiger partial charge in [0.15, 0.2) is 0 Å². The molecule has 0 spiro atoms. The van der Waals surface area contributed by atoms with Crippen molar-refractivity contribution < 1.29 is 9.53 Å². The lowest BCUT2D eigenvalue weighted by Crippen LogP contribution is -2.43. The summed E-state index contributed by atoms with van der Waals surface area (Å²) in [5.41, 5.74) is 0. The van der Waals surface area contributed by atoms with Crippen molar-refractivity contribution in [1.29, 1.82) is 0 Å². The average Bonchev–Trinajstić information content (AvgIpc) is 2.82. The first-order valence-electron chi connectivity index (χ1n) is 5.83. The molecule has 0 aromatic rings. The van der Waals surface area contributed by atoms with Crippen LogP contribution in [0.5, 0.6) is 0 Å². The molecule has 0 saturated carbocycles. The van der Waals surface area contributed by atoms with Crippen LogP contribution >= 0.6 is 12.4 Å². The smallest absolute Gasteiger partial charge is 0.227 e. The zero-order chi connectivity index (χ0) is 10.7. The van der Waals surface area contributed by atoms with Gasteiger partial charge in [-0.2, -0.15) is 0 Å². The van der Waals surface area contributed by atoms with E-state index in [1.165, 1.54) is 0 Å². The van der Waals surface area contributed by atoms with Crippen molar-refractivity contribution >= 4 is 18.3 Å². The van der Waals surface area contributed by atoms with E-state index in [-0.39, 0.29) is 18.3 Å². The van der Waals surface area contributed by atoms with Gasteiger partial charge in [-0.05, 0) is 25.8 Å². The molecular weight excluding hydrogens is 228 g/mol. The third-order valence-corrected chi connectivity index (χ3v) is 3.50. The van der Waals surface area contributed by atoms with Crippen molar-refractivity contribution in [2.45, 2.75) is 25.4 Å². The van der Waals surface area contributed by atoms with Crippen LogP contribution in [0.1, 0.15) is 19.3 Å². The number of hydrogen-bond donors (Lipinski definition) is 1. The van der Waals surface area contributed by atoms with Gasteiger partial charge in [-0.25, -0.2) is 0 Å². The summed E-state index contributed by atoms with van der Waals surface area (Å²) in [5.74, 6) is 0.568. The van der Waals surface area contributed by atoms with Gasteiger partial charge in [-0.15, -0.1) is 12.4 Å². The third kappa shape index (κ3) is 3.09. The first kappa shape index (κ1) is 13.7. The number of carbonyl (C=O) groups excluding carboxylic acids is 1. The number of piperidine rings is 1. The SMILES string of the molecule is COC1CCN(C(=O)[C@@H]2CCNC2)CC1.Cl. The summed E-state index contributed by atoms with van der Waals surface area (Å²) in [5, 5.41) is 3.24. The van der Waals surface area contributed by atoms with Crippen molar-refractivity contribution in [2.24, 2.45) is 5.92 Å². The highest BCUT2D eigenvalue weighted by atomic mass is 35.5. The van der Waals surface area contributed by atoms with E-state index in [4.69, 9.17) is 4.74 Å². The van der Waals surface area contributed by atoms with Crippen LogP contribution < -0.4 is 5.32 Å². The average molecular weight is 249 g/mol. The lowest BCUT2D eigenvalue weighted by molar-refractivity contribution is -0.137. The van der Waals surface area contributed by atoms with Crippen molar-refractivity contribution in [3.63, 3.8) is 0 Å². The number of amides is 1. The summed E-state index contributed by atoms with van der Waals surface area (Å²) in [6.45, 7) is 3.59. The van der Waals surface area contributed by atoms with Crippen molar-refractivity contribution in [2.75, 3.05) is 33.3 Å². The Balaban J connectivity index is 0.00000128. The number of carbonyl (C=O) groups is 1. The molecule has 2 saturated heterocycles. The molecule has 94 valence electrons. The van der Waals surface area contributed by atoms with Crippen LogP contribution in [0.25, 0.3) is 0 Å². The Morgan fingerprint density at radius 3 is 2.50 bits per heavy atom. The van der Waals surface area contributed by atoms with Gasteiger partial charge in [0, 0.05) is 26.7 Å². The molecule has 1 N–H and O–H groups in total. The van der Waals surface area contributed by atoms with Crippen molar-refractivity contribution in [1.82, 2.24) is 10.2 Å². The van der Waals surface area contributed by atoms with Gasteiger partial charge in [-0.1, -0.05) is 0 Å². The molecule has 2 heterocycles. The van der Waals surface area contributed by atoms with E-state index in [0.29, 0.717) is 12.0 Å². The van der Waals surface area contributed by atoms with Gasteiger partial charge >= 0.3 is 0 Å². The molecule has 2 fully saturated rings. The maximum absolute atomic E-state index is 12.0. The predicted molar refractivity (Wildman–Crippen MR) is 64.8 cm³/mol. The Kier molecular flexibility index (Phi) is 5.52. The largest absolute Gasteiger partial charge is 0.381 e. The fourth-order valence-corrected chi connectivity index (χ4v) is 2.44. The Morgan fingerprint density at radius 2 is 2.00 bits per heavy atom. The Labute approximate surface area is 103 Å². The molecule has 0 aliphatic carbocycles. The van der Waals surface area contributed by atoms with Crippen LogP contribution in [-0.4, -0.2) is 50.2 Å². The van der Waals surface area contributed by atoms with Crippen LogP contribution in [0.15, 0.2) is 0 Å². The zero-order valence-electron chi connectivity index (χ0n) is 9.78. The van der Waals surface area contributed by atoms with E-state index in [0.717, 1.165) is 45.4 Å². The molecular formula is C11H21ClN2O2.